The van der Waals surface area contributed by atoms with Gasteiger partial charge in [-0.15, -0.1) is 0 Å². The molecule has 0 saturated carbocycles. The molecule has 1 heterocycles. The molecule has 2 aromatic rings. The van der Waals surface area contributed by atoms with Gasteiger partial charge in [0.25, 0.3) is 0 Å². The first-order valence-electron chi connectivity index (χ1n) is 5.67. The van der Waals surface area contributed by atoms with Crippen LogP contribution in [0.3, 0.4) is 0 Å². The van der Waals surface area contributed by atoms with Crippen LogP contribution in [0.2, 0.25) is 0 Å². The number of aryl methyl sites for hydroxylation is 1. The summed E-state index contributed by atoms with van der Waals surface area (Å²) in [5.41, 5.74) is 0.613. The number of aromatic nitrogens is 1. The standard InChI is InChI=1S/C12H13FN2O4S/c1-8-9(6-14-19-8)7-15-20(16,17)10-3-4-12(18-2)11(13)5-10/h3-6,15H,7H2,1-2H3. The number of ether oxygens (including phenoxy) is 1. The molecule has 108 valence electrons. The number of hydrogen-bond acceptors (Lipinski definition) is 5. The van der Waals surface area contributed by atoms with Gasteiger partial charge in [0.05, 0.1) is 18.2 Å². The molecular formula is C12H13FN2O4S. The highest BCUT2D eigenvalue weighted by atomic mass is 32.2. The largest absolute Gasteiger partial charge is 0.494 e. The van der Waals surface area contributed by atoms with Crippen LogP contribution in [0.5, 0.6) is 5.75 Å². The molecule has 0 aliphatic rings. The molecule has 0 amide bonds. The lowest BCUT2D eigenvalue weighted by Crippen LogP contribution is -2.23. The van der Waals surface area contributed by atoms with E-state index in [1.165, 1.54) is 25.4 Å². The van der Waals surface area contributed by atoms with E-state index in [0.29, 0.717) is 11.3 Å². The highest BCUT2D eigenvalue weighted by Crippen LogP contribution is 2.20. The molecule has 0 atom stereocenters. The van der Waals surface area contributed by atoms with Crippen molar-refractivity contribution in [1.29, 1.82) is 0 Å². The lowest BCUT2D eigenvalue weighted by Gasteiger charge is -2.07. The molecule has 1 N–H and O–H groups in total. The van der Waals surface area contributed by atoms with E-state index >= 15 is 0 Å². The zero-order valence-corrected chi connectivity index (χ0v) is 11.7. The third-order valence-corrected chi connectivity index (χ3v) is 4.14. The van der Waals surface area contributed by atoms with Crippen molar-refractivity contribution in [3.63, 3.8) is 0 Å². The molecule has 0 aliphatic heterocycles. The molecule has 0 fully saturated rings. The maximum Gasteiger partial charge on any atom is 0.240 e. The van der Waals surface area contributed by atoms with Crippen LogP contribution in [-0.4, -0.2) is 20.7 Å². The Labute approximate surface area is 115 Å². The van der Waals surface area contributed by atoms with Gasteiger partial charge in [-0.05, 0) is 25.1 Å². The van der Waals surface area contributed by atoms with Crippen molar-refractivity contribution in [3.05, 3.63) is 41.5 Å². The van der Waals surface area contributed by atoms with Gasteiger partial charge in [0.1, 0.15) is 5.76 Å². The number of benzene rings is 1. The Morgan fingerprint density at radius 1 is 1.45 bits per heavy atom. The Balaban J connectivity index is 2.18. The van der Waals surface area contributed by atoms with Crippen molar-refractivity contribution in [1.82, 2.24) is 9.88 Å². The minimum atomic E-state index is -3.82. The van der Waals surface area contributed by atoms with Crippen LogP contribution in [0, 0.1) is 12.7 Å². The first kappa shape index (κ1) is 14.5. The molecule has 2 rings (SSSR count). The fourth-order valence-electron chi connectivity index (χ4n) is 1.56. The van der Waals surface area contributed by atoms with Crippen molar-refractivity contribution in [3.8, 4) is 5.75 Å². The van der Waals surface area contributed by atoms with Gasteiger partial charge in [-0.25, -0.2) is 17.5 Å². The third kappa shape index (κ3) is 2.97. The van der Waals surface area contributed by atoms with Crippen LogP contribution in [0.4, 0.5) is 4.39 Å². The maximum atomic E-state index is 13.5. The summed E-state index contributed by atoms with van der Waals surface area (Å²) in [5.74, 6) is -0.232. The number of nitrogens with one attached hydrogen (secondary N) is 1. The molecule has 0 spiro atoms. The summed E-state index contributed by atoms with van der Waals surface area (Å²) in [6.07, 6.45) is 1.42. The summed E-state index contributed by atoms with van der Waals surface area (Å²) in [4.78, 5) is -0.176. The predicted octanol–water partition coefficient (Wildman–Crippen LogP) is 1.61. The zero-order valence-electron chi connectivity index (χ0n) is 10.9. The number of sulfonamides is 1. The quantitative estimate of drug-likeness (QED) is 0.907. The summed E-state index contributed by atoms with van der Waals surface area (Å²) in [7, 11) is -2.51. The lowest BCUT2D eigenvalue weighted by molar-refractivity contribution is 0.385. The normalized spacial score (nSPS) is 11.6. The van der Waals surface area contributed by atoms with Gasteiger partial charge in [0, 0.05) is 12.1 Å². The van der Waals surface area contributed by atoms with Crippen molar-refractivity contribution in [2.24, 2.45) is 0 Å². The second-order valence-electron chi connectivity index (χ2n) is 4.03. The van der Waals surface area contributed by atoms with E-state index in [1.807, 2.05) is 0 Å². The van der Waals surface area contributed by atoms with Gasteiger partial charge in [-0.3, -0.25) is 0 Å². The summed E-state index contributed by atoms with van der Waals surface area (Å²) in [6.45, 7) is 1.69. The summed E-state index contributed by atoms with van der Waals surface area (Å²) in [5, 5.41) is 3.55. The second-order valence-corrected chi connectivity index (χ2v) is 5.80. The van der Waals surface area contributed by atoms with Crippen LogP contribution in [-0.2, 0) is 16.6 Å². The van der Waals surface area contributed by atoms with Crippen LogP contribution < -0.4 is 9.46 Å². The Hall–Kier alpha value is -1.93. The van der Waals surface area contributed by atoms with E-state index in [9.17, 15) is 12.8 Å². The van der Waals surface area contributed by atoms with Gasteiger partial charge >= 0.3 is 0 Å². The summed E-state index contributed by atoms with van der Waals surface area (Å²) >= 11 is 0. The van der Waals surface area contributed by atoms with Crippen LogP contribution >= 0.6 is 0 Å². The van der Waals surface area contributed by atoms with Crippen molar-refractivity contribution in [2.75, 3.05) is 7.11 Å². The van der Waals surface area contributed by atoms with E-state index in [4.69, 9.17) is 9.26 Å². The molecular weight excluding hydrogens is 287 g/mol. The predicted molar refractivity (Wildman–Crippen MR) is 68.2 cm³/mol. The van der Waals surface area contributed by atoms with Gasteiger partial charge < -0.3 is 9.26 Å². The van der Waals surface area contributed by atoms with E-state index in [2.05, 4.69) is 9.88 Å². The highest BCUT2D eigenvalue weighted by molar-refractivity contribution is 7.89. The first-order valence-corrected chi connectivity index (χ1v) is 7.15. The zero-order chi connectivity index (χ0) is 14.8. The average Bonchev–Trinajstić information content (AvgIpc) is 2.82. The highest BCUT2D eigenvalue weighted by Gasteiger charge is 2.17. The monoisotopic (exact) mass is 300 g/mol. The van der Waals surface area contributed by atoms with Crippen LogP contribution in [0.15, 0.2) is 33.8 Å². The second kappa shape index (κ2) is 5.59. The van der Waals surface area contributed by atoms with Gasteiger partial charge in [-0.1, -0.05) is 5.16 Å². The number of methoxy groups -OCH3 is 1. The smallest absolute Gasteiger partial charge is 0.240 e. The number of rotatable bonds is 5. The van der Waals surface area contributed by atoms with Crippen molar-refractivity contribution >= 4 is 10.0 Å². The number of nitrogens with zero attached hydrogens (tertiary/aromatic N) is 1. The molecule has 6 nitrogen and oxygen atoms in total. The Morgan fingerprint density at radius 2 is 2.20 bits per heavy atom. The molecule has 1 aromatic heterocycles. The van der Waals surface area contributed by atoms with Crippen LogP contribution in [0.25, 0.3) is 0 Å². The third-order valence-electron chi connectivity index (χ3n) is 2.74. The van der Waals surface area contributed by atoms with E-state index in [1.54, 1.807) is 6.92 Å². The molecule has 0 radical (unpaired) electrons. The minimum absolute atomic E-state index is 0.0150. The Morgan fingerprint density at radius 3 is 2.75 bits per heavy atom. The fourth-order valence-corrected chi connectivity index (χ4v) is 2.58. The maximum absolute atomic E-state index is 13.5. The van der Waals surface area contributed by atoms with Crippen molar-refractivity contribution < 1.29 is 22.1 Å². The van der Waals surface area contributed by atoms with Gasteiger partial charge in [-0.2, -0.15) is 0 Å². The van der Waals surface area contributed by atoms with Crippen LogP contribution in [0.1, 0.15) is 11.3 Å². The SMILES string of the molecule is COc1ccc(S(=O)(=O)NCc2cnoc2C)cc1F. The Kier molecular flexibility index (Phi) is 4.05. The topological polar surface area (TPSA) is 81.4 Å². The van der Waals surface area contributed by atoms with E-state index < -0.39 is 15.8 Å². The number of hydrogen-bond donors (Lipinski definition) is 1. The number of halogens is 1. The van der Waals surface area contributed by atoms with Gasteiger partial charge in [0.2, 0.25) is 10.0 Å². The minimum Gasteiger partial charge on any atom is -0.494 e. The molecule has 1 aromatic carbocycles. The Bertz CT molecular complexity index is 712. The molecule has 0 saturated heterocycles. The molecule has 8 heteroatoms. The first-order chi connectivity index (χ1) is 9.44. The fraction of sp³-hybridized carbons (Fsp3) is 0.250. The van der Waals surface area contributed by atoms with Crippen molar-refractivity contribution in [2.45, 2.75) is 18.4 Å². The van der Waals surface area contributed by atoms with E-state index in [-0.39, 0.29) is 17.2 Å². The average molecular weight is 300 g/mol. The van der Waals surface area contributed by atoms with Gasteiger partial charge in [0.15, 0.2) is 11.6 Å². The summed E-state index contributed by atoms with van der Waals surface area (Å²) in [6, 6.07) is 3.43. The molecule has 0 unspecified atom stereocenters. The summed E-state index contributed by atoms with van der Waals surface area (Å²) < 4.78 is 49.5. The molecule has 20 heavy (non-hydrogen) atoms. The lowest BCUT2D eigenvalue weighted by atomic mass is 10.3. The molecule has 0 bridgehead atoms. The van der Waals surface area contributed by atoms with E-state index in [0.717, 1.165) is 6.07 Å². The molecule has 0 aliphatic carbocycles.